The lowest BCUT2D eigenvalue weighted by Gasteiger charge is -2.19. The van der Waals surface area contributed by atoms with E-state index >= 15 is 0 Å². The molecule has 0 fully saturated rings. The van der Waals surface area contributed by atoms with E-state index in [0.29, 0.717) is 0 Å². The van der Waals surface area contributed by atoms with Crippen LogP contribution in [0.2, 0.25) is 0 Å². The standard InChI is InChI=1S/C19H23NO/c1-15-9-7-8-12-17(15)19(21)18(13-14-20(2)3)16-10-5-4-6-11-16/h4-13,19,21H,14H2,1-3H3/b18-13-. The number of hydrogen-bond acceptors (Lipinski definition) is 2. The number of hydrogen-bond donors (Lipinski definition) is 1. The molecule has 0 aromatic heterocycles. The molecule has 1 N–H and O–H groups in total. The van der Waals surface area contributed by atoms with Gasteiger partial charge < -0.3 is 10.0 Å². The van der Waals surface area contributed by atoms with E-state index in [1.165, 1.54) is 0 Å². The molecule has 2 nitrogen and oxygen atoms in total. The van der Waals surface area contributed by atoms with Gasteiger partial charge in [-0.3, -0.25) is 0 Å². The Hall–Kier alpha value is -1.90. The molecule has 0 saturated heterocycles. The van der Waals surface area contributed by atoms with Gasteiger partial charge in [-0.15, -0.1) is 0 Å². The molecule has 2 aromatic carbocycles. The Bertz CT molecular complexity index is 602. The molecule has 1 unspecified atom stereocenters. The van der Waals surface area contributed by atoms with Gasteiger partial charge >= 0.3 is 0 Å². The maximum atomic E-state index is 10.8. The lowest BCUT2D eigenvalue weighted by molar-refractivity contribution is 0.237. The molecule has 21 heavy (non-hydrogen) atoms. The van der Waals surface area contributed by atoms with Crippen molar-refractivity contribution in [3.63, 3.8) is 0 Å². The summed E-state index contributed by atoms with van der Waals surface area (Å²) in [5.74, 6) is 0. The Kier molecular flexibility index (Phi) is 5.32. The number of rotatable bonds is 5. The molecule has 0 aliphatic heterocycles. The van der Waals surface area contributed by atoms with E-state index in [1.807, 2.05) is 75.6 Å². The fourth-order valence-corrected chi connectivity index (χ4v) is 2.36. The van der Waals surface area contributed by atoms with Crippen LogP contribution in [0.15, 0.2) is 60.7 Å². The van der Waals surface area contributed by atoms with Crippen molar-refractivity contribution in [2.24, 2.45) is 0 Å². The molecule has 110 valence electrons. The second-order valence-electron chi connectivity index (χ2n) is 5.55. The smallest absolute Gasteiger partial charge is 0.105 e. The fourth-order valence-electron chi connectivity index (χ4n) is 2.36. The van der Waals surface area contributed by atoms with Gasteiger partial charge in [0.25, 0.3) is 0 Å². The summed E-state index contributed by atoms with van der Waals surface area (Å²) in [6.45, 7) is 2.83. The number of likely N-dealkylation sites (N-methyl/N-ethyl adjacent to an activating group) is 1. The van der Waals surface area contributed by atoms with Crippen LogP contribution in [0, 0.1) is 6.92 Å². The summed E-state index contributed by atoms with van der Waals surface area (Å²) in [6.07, 6.45) is 1.50. The third-order valence-corrected chi connectivity index (χ3v) is 3.56. The molecule has 0 radical (unpaired) electrons. The minimum absolute atomic E-state index is 0.603. The van der Waals surface area contributed by atoms with Crippen LogP contribution in [0.3, 0.4) is 0 Å². The van der Waals surface area contributed by atoms with Gasteiger partial charge in [0, 0.05) is 6.54 Å². The average Bonchev–Trinajstić information content (AvgIpc) is 2.48. The zero-order valence-electron chi connectivity index (χ0n) is 13.0. The predicted octanol–water partition coefficient (Wildman–Crippen LogP) is 3.67. The normalized spacial score (nSPS) is 13.5. The Morgan fingerprint density at radius 2 is 1.67 bits per heavy atom. The first-order chi connectivity index (χ1) is 10.1. The van der Waals surface area contributed by atoms with Crippen molar-refractivity contribution >= 4 is 5.57 Å². The first kappa shape index (κ1) is 15.5. The van der Waals surface area contributed by atoms with Crippen LogP contribution in [0.5, 0.6) is 0 Å². The van der Waals surface area contributed by atoms with Gasteiger partial charge in [0.05, 0.1) is 0 Å². The first-order valence-corrected chi connectivity index (χ1v) is 7.23. The lowest BCUT2D eigenvalue weighted by Crippen LogP contribution is -2.12. The van der Waals surface area contributed by atoms with Crippen molar-refractivity contribution in [1.29, 1.82) is 0 Å². The molecule has 0 amide bonds. The van der Waals surface area contributed by atoms with Crippen LogP contribution in [0.25, 0.3) is 5.57 Å². The Labute approximate surface area is 127 Å². The van der Waals surface area contributed by atoms with Crippen molar-refractivity contribution in [2.75, 3.05) is 20.6 Å². The molecule has 2 rings (SSSR count). The number of benzene rings is 2. The maximum absolute atomic E-state index is 10.8. The minimum Gasteiger partial charge on any atom is -0.384 e. The fraction of sp³-hybridized carbons (Fsp3) is 0.263. The Balaban J connectivity index is 2.40. The molecule has 2 aromatic rings. The SMILES string of the molecule is Cc1ccccc1C(O)/C(=C\CN(C)C)c1ccccc1. The highest BCUT2D eigenvalue weighted by Gasteiger charge is 2.16. The van der Waals surface area contributed by atoms with E-state index in [9.17, 15) is 5.11 Å². The third kappa shape index (κ3) is 4.03. The van der Waals surface area contributed by atoms with Crippen molar-refractivity contribution < 1.29 is 5.11 Å². The van der Waals surface area contributed by atoms with Gasteiger partial charge in [0.2, 0.25) is 0 Å². The first-order valence-electron chi connectivity index (χ1n) is 7.23. The summed E-state index contributed by atoms with van der Waals surface area (Å²) < 4.78 is 0. The second kappa shape index (κ2) is 7.21. The molecule has 0 spiro atoms. The predicted molar refractivity (Wildman–Crippen MR) is 89.1 cm³/mol. The molecular weight excluding hydrogens is 258 g/mol. The highest BCUT2D eigenvalue weighted by Crippen LogP contribution is 2.31. The van der Waals surface area contributed by atoms with Crippen molar-refractivity contribution in [1.82, 2.24) is 4.90 Å². The van der Waals surface area contributed by atoms with Crippen LogP contribution in [0.4, 0.5) is 0 Å². The molecule has 0 saturated carbocycles. The van der Waals surface area contributed by atoms with Gasteiger partial charge in [-0.25, -0.2) is 0 Å². The monoisotopic (exact) mass is 281 g/mol. The molecular formula is C19H23NO. The van der Waals surface area contributed by atoms with E-state index in [1.54, 1.807) is 0 Å². The number of nitrogens with zero attached hydrogens (tertiary/aromatic N) is 1. The van der Waals surface area contributed by atoms with Crippen LogP contribution < -0.4 is 0 Å². The summed E-state index contributed by atoms with van der Waals surface area (Å²) in [5.41, 5.74) is 4.09. The zero-order chi connectivity index (χ0) is 15.2. The molecule has 2 heteroatoms. The van der Waals surface area contributed by atoms with Gasteiger partial charge in [0.15, 0.2) is 0 Å². The Morgan fingerprint density at radius 3 is 2.29 bits per heavy atom. The summed E-state index contributed by atoms with van der Waals surface area (Å²) in [6, 6.07) is 18.1. The summed E-state index contributed by atoms with van der Waals surface area (Å²) >= 11 is 0. The molecule has 0 aliphatic carbocycles. The van der Waals surface area contributed by atoms with Crippen LogP contribution in [-0.4, -0.2) is 30.6 Å². The lowest BCUT2D eigenvalue weighted by atomic mass is 9.92. The number of aliphatic hydroxyl groups excluding tert-OH is 1. The van der Waals surface area contributed by atoms with Crippen LogP contribution in [0.1, 0.15) is 22.8 Å². The van der Waals surface area contributed by atoms with E-state index < -0.39 is 6.10 Å². The third-order valence-electron chi connectivity index (χ3n) is 3.56. The average molecular weight is 281 g/mol. The zero-order valence-corrected chi connectivity index (χ0v) is 13.0. The summed E-state index contributed by atoms with van der Waals surface area (Å²) in [4.78, 5) is 2.09. The van der Waals surface area contributed by atoms with Crippen molar-refractivity contribution in [3.8, 4) is 0 Å². The van der Waals surface area contributed by atoms with Gasteiger partial charge in [-0.2, -0.15) is 0 Å². The molecule has 0 heterocycles. The van der Waals surface area contributed by atoms with Crippen LogP contribution in [-0.2, 0) is 0 Å². The molecule has 1 atom stereocenters. The number of aliphatic hydroxyl groups is 1. The maximum Gasteiger partial charge on any atom is 0.105 e. The second-order valence-corrected chi connectivity index (χ2v) is 5.55. The van der Waals surface area contributed by atoms with Gasteiger partial charge in [-0.05, 0) is 43.3 Å². The molecule has 0 bridgehead atoms. The number of aryl methyl sites for hydroxylation is 1. The summed E-state index contributed by atoms with van der Waals surface area (Å²) in [5, 5.41) is 10.8. The summed E-state index contributed by atoms with van der Waals surface area (Å²) in [7, 11) is 4.05. The minimum atomic E-state index is -0.603. The highest BCUT2D eigenvalue weighted by molar-refractivity contribution is 5.70. The Morgan fingerprint density at radius 1 is 1.05 bits per heavy atom. The van der Waals surface area contributed by atoms with Crippen molar-refractivity contribution in [2.45, 2.75) is 13.0 Å². The van der Waals surface area contributed by atoms with E-state index in [0.717, 1.165) is 28.8 Å². The quantitative estimate of drug-likeness (QED) is 0.904. The van der Waals surface area contributed by atoms with Gasteiger partial charge in [0.1, 0.15) is 6.10 Å². The van der Waals surface area contributed by atoms with E-state index in [2.05, 4.69) is 11.0 Å². The van der Waals surface area contributed by atoms with E-state index in [4.69, 9.17) is 0 Å². The van der Waals surface area contributed by atoms with E-state index in [-0.39, 0.29) is 0 Å². The molecule has 0 aliphatic rings. The topological polar surface area (TPSA) is 23.5 Å². The van der Waals surface area contributed by atoms with Crippen molar-refractivity contribution in [3.05, 3.63) is 77.4 Å². The highest BCUT2D eigenvalue weighted by atomic mass is 16.3. The van der Waals surface area contributed by atoms with Crippen LogP contribution >= 0.6 is 0 Å². The largest absolute Gasteiger partial charge is 0.384 e. The van der Waals surface area contributed by atoms with Gasteiger partial charge in [-0.1, -0.05) is 60.7 Å².